The first kappa shape index (κ1) is 15.3. The highest BCUT2D eigenvalue weighted by Crippen LogP contribution is 2.24. The Morgan fingerprint density at radius 3 is 2.68 bits per heavy atom. The molecule has 0 amide bonds. The van der Waals surface area contributed by atoms with E-state index in [0.717, 1.165) is 6.54 Å². The minimum atomic E-state index is -0.964. The van der Waals surface area contributed by atoms with Gasteiger partial charge in [0.15, 0.2) is 0 Å². The first-order valence-electron chi connectivity index (χ1n) is 6.32. The Morgan fingerprint density at radius 1 is 1.47 bits per heavy atom. The summed E-state index contributed by atoms with van der Waals surface area (Å²) in [5, 5.41) is 9.29. The first-order chi connectivity index (χ1) is 8.95. The summed E-state index contributed by atoms with van der Waals surface area (Å²) in [6.07, 6.45) is 0. The molecule has 3 N–H and O–H groups in total. The molecule has 106 valence electrons. The second-order valence-electron chi connectivity index (χ2n) is 4.91. The molecule has 19 heavy (non-hydrogen) atoms. The molecule has 0 heterocycles. The number of anilines is 2. The number of rotatable bonds is 7. The number of hydrogen-bond acceptors (Lipinski definition) is 4. The summed E-state index contributed by atoms with van der Waals surface area (Å²) in [5.74, 6) is -0.537. The average Bonchev–Trinajstić information content (AvgIpc) is 2.34. The van der Waals surface area contributed by atoms with Crippen molar-refractivity contribution in [3.63, 3.8) is 0 Å². The van der Waals surface area contributed by atoms with Gasteiger partial charge in [-0.1, -0.05) is 13.8 Å². The van der Waals surface area contributed by atoms with Crippen LogP contribution in [-0.4, -0.2) is 37.9 Å². The molecule has 0 unspecified atom stereocenters. The number of hydrogen-bond donors (Lipinski definition) is 2. The number of ether oxygens (including phenoxy) is 1. The summed E-state index contributed by atoms with van der Waals surface area (Å²) in [6.45, 7) is 6.16. The van der Waals surface area contributed by atoms with E-state index in [1.165, 1.54) is 6.07 Å². The Balaban J connectivity index is 3.09. The lowest BCUT2D eigenvalue weighted by molar-refractivity contribution is 0.0697. The van der Waals surface area contributed by atoms with E-state index in [1.807, 2.05) is 4.90 Å². The standard InChI is InChI=1S/C14H22N2O3/c1-10(2)9-16(6-7-19-3)13-5-4-11(15)8-12(13)14(17)18/h4-5,8,10H,6-7,9,15H2,1-3H3,(H,17,18). The Morgan fingerprint density at radius 2 is 2.16 bits per heavy atom. The van der Waals surface area contributed by atoms with E-state index in [4.69, 9.17) is 10.5 Å². The minimum absolute atomic E-state index is 0.233. The van der Waals surface area contributed by atoms with Crippen LogP contribution in [0.15, 0.2) is 18.2 Å². The molecule has 5 nitrogen and oxygen atoms in total. The molecule has 1 aromatic carbocycles. The number of nitrogens with zero attached hydrogens (tertiary/aromatic N) is 1. The summed E-state index contributed by atoms with van der Waals surface area (Å²) < 4.78 is 5.09. The van der Waals surface area contributed by atoms with Gasteiger partial charge in [-0.15, -0.1) is 0 Å². The number of nitrogen functional groups attached to an aromatic ring is 1. The number of benzene rings is 1. The second-order valence-corrected chi connectivity index (χ2v) is 4.91. The van der Waals surface area contributed by atoms with Crippen molar-refractivity contribution in [3.05, 3.63) is 23.8 Å². The van der Waals surface area contributed by atoms with Gasteiger partial charge < -0.3 is 20.5 Å². The molecule has 0 saturated carbocycles. The maximum Gasteiger partial charge on any atom is 0.337 e. The summed E-state index contributed by atoms with van der Waals surface area (Å²) in [5.41, 5.74) is 7.04. The number of methoxy groups -OCH3 is 1. The topological polar surface area (TPSA) is 75.8 Å². The van der Waals surface area contributed by atoms with Gasteiger partial charge in [-0.05, 0) is 24.1 Å². The Bertz CT molecular complexity index is 433. The molecule has 5 heteroatoms. The zero-order valence-electron chi connectivity index (χ0n) is 11.7. The van der Waals surface area contributed by atoms with Gasteiger partial charge in [0, 0.05) is 25.9 Å². The van der Waals surface area contributed by atoms with Gasteiger partial charge >= 0.3 is 5.97 Å². The van der Waals surface area contributed by atoms with E-state index in [0.29, 0.717) is 30.4 Å². The van der Waals surface area contributed by atoms with Gasteiger partial charge in [0.1, 0.15) is 0 Å². The van der Waals surface area contributed by atoms with Crippen molar-refractivity contribution in [2.24, 2.45) is 5.92 Å². The number of carbonyl (C=O) groups is 1. The molecular weight excluding hydrogens is 244 g/mol. The van der Waals surface area contributed by atoms with Gasteiger partial charge in [0.05, 0.1) is 17.9 Å². The van der Waals surface area contributed by atoms with Crippen LogP contribution in [0.5, 0.6) is 0 Å². The number of aromatic carboxylic acids is 1. The summed E-state index contributed by atoms with van der Waals surface area (Å²) in [7, 11) is 1.63. The van der Waals surface area contributed by atoms with Crippen LogP contribution in [0, 0.1) is 5.92 Å². The molecule has 0 atom stereocenters. The first-order valence-corrected chi connectivity index (χ1v) is 6.32. The highest BCUT2D eigenvalue weighted by Gasteiger charge is 2.17. The molecular formula is C14H22N2O3. The maximum atomic E-state index is 11.3. The van der Waals surface area contributed by atoms with Crippen molar-refractivity contribution >= 4 is 17.3 Å². The van der Waals surface area contributed by atoms with E-state index in [9.17, 15) is 9.90 Å². The van der Waals surface area contributed by atoms with E-state index in [-0.39, 0.29) is 5.56 Å². The molecule has 0 spiro atoms. The second kappa shape index (κ2) is 6.99. The van der Waals surface area contributed by atoms with Crippen LogP contribution in [0.25, 0.3) is 0 Å². The fraction of sp³-hybridized carbons (Fsp3) is 0.500. The van der Waals surface area contributed by atoms with Crippen molar-refractivity contribution in [1.29, 1.82) is 0 Å². The van der Waals surface area contributed by atoms with Crippen molar-refractivity contribution in [2.75, 3.05) is 37.4 Å². The Hall–Kier alpha value is -1.75. The fourth-order valence-electron chi connectivity index (χ4n) is 1.95. The molecule has 0 aromatic heterocycles. The largest absolute Gasteiger partial charge is 0.478 e. The van der Waals surface area contributed by atoms with Crippen molar-refractivity contribution in [1.82, 2.24) is 0 Å². The predicted molar refractivity (Wildman–Crippen MR) is 76.7 cm³/mol. The zero-order chi connectivity index (χ0) is 14.4. The lowest BCUT2D eigenvalue weighted by atomic mass is 10.1. The SMILES string of the molecule is COCCN(CC(C)C)c1ccc(N)cc1C(=O)O. The van der Waals surface area contributed by atoms with Gasteiger partial charge in [-0.3, -0.25) is 0 Å². The van der Waals surface area contributed by atoms with Crippen LogP contribution >= 0.6 is 0 Å². The number of carboxylic acids is 1. The average molecular weight is 266 g/mol. The van der Waals surface area contributed by atoms with Crippen LogP contribution in [0.3, 0.4) is 0 Å². The third kappa shape index (κ3) is 4.44. The molecule has 0 aliphatic rings. The minimum Gasteiger partial charge on any atom is -0.478 e. The van der Waals surface area contributed by atoms with E-state index < -0.39 is 5.97 Å². The third-order valence-corrected chi connectivity index (χ3v) is 2.74. The van der Waals surface area contributed by atoms with E-state index in [2.05, 4.69) is 13.8 Å². The highest BCUT2D eigenvalue weighted by atomic mass is 16.5. The number of nitrogens with two attached hydrogens (primary N) is 1. The normalized spacial score (nSPS) is 10.7. The fourth-order valence-corrected chi connectivity index (χ4v) is 1.95. The molecule has 1 rings (SSSR count). The number of carboxylic acid groups (broad SMARTS) is 1. The van der Waals surface area contributed by atoms with Gasteiger partial charge in [-0.25, -0.2) is 4.79 Å². The maximum absolute atomic E-state index is 11.3. The van der Waals surface area contributed by atoms with Crippen molar-refractivity contribution in [3.8, 4) is 0 Å². The molecule has 0 bridgehead atoms. The van der Waals surface area contributed by atoms with Crippen molar-refractivity contribution in [2.45, 2.75) is 13.8 Å². The van der Waals surface area contributed by atoms with Crippen LogP contribution < -0.4 is 10.6 Å². The van der Waals surface area contributed by atoms with Gasteiger partial charge in [0.2, 0.25) is 0 Å². The molecule has 0 fully saturated rings. The smallest absolute Gasteiger partial charge is 0.337 e. The summed E-state index contributed by atoms with van der Waals surface area (Å²) in [4.78, 5) is 13.3. The predicted octanol–water partition coefficient (Wildman–Crippen LogP) is 2.08. The monoisotopic (exact) mass is 266 g/mol. The van der Waals surface area contributed by atoms with Gasteiger partial charge in [0.25, 0.3) is 0 Å². The Kier molecular flexibility index (Phi) is 5.63. The lowest BCUT2D eigenvalue weighted by Crippen LogP contribution is -2.32. The summed E-state index contributed by atoms with van der Waals surface area (Å²) >= 11 is 0. The van der Waals surface area contributed by atoms with Gasteiger partial charge in [-0.2, -0.15) is 0 Å². The molecule has 0 aliphatic heterocycles. The third-order valence-electron chi connectivity index (χ3n) is 2.74. The van der Waals surface area contributed by atoms with Crippen LogP contribution in [0.2, 0.25) is 0 Å². The van der Waals surface area contributed by atoms with Crippen molar-refractivity contribution < 1.29 is 14.6 Å². The molecule has 0 radical (unpaired) electrons. The van der Waals surface area contributed by atoms with Crippen LogP contribution in [0.4, 0.5) is 11.4 Å². The van der Waals surface area contributed by atoms with Crippen LogP contribution in [-0.2, 0) is 4.74 Å². The highest BCUT2D eigenvalue weighted by molar-refractivity contribution is 5.95. The zero-order valence-corrected chi connectivity index (χ0v) is 11.7. The molecule has 0 aliphatic carbocycles. The van der Waals surface area contributed by atoms with E-state index >= 15 is 0 Å². The van der Waals surface area contributed by atoms with Crippen LogP contribution in [0.1, 0.15) is 24.2 Å². The van der Waals surface area contributed by atoms with E-state index in [1.54, 1.807) is 19.2 Å². The Labute approximate surface area is 114 Å². The lowest BCUT2D eigenvalue weighted by Gasteiger charge is -2.28. The summed E-state index contributed by atoms with van der Waals surface area (Å²) in [6, 6.07) is 4.98. The molecule has 1 aromatic rings. The quantitative estimate of drug-likeness (QED) is 0.739. The molecule has 0 saturated heterocycles.